The molecule has 0 radical (unpaired) electrons. The van der Waals surface area contributed by atoms with Crippen molar-refractivity contribution in [2.75, 3.05) is 0 Å². The maximum absolute atomic E-state index is 14.3. The number of rotatable bonds is 2. The number of halogens is 14. The molecule has 2 aromatic rings. The number of hydrogen-bond donors (Lipinski definition) is 0. The van der Waals surface area contributed by atoms with E-state index < -0.39 is 98.1 Å². The van der Waals surface area contributed by atoms with Crippen LogP contribution >= 0.6 is 0 Å². The van der Waals surface area contributed by atoms with Gasteiger partial charge in [0.05, 0.1) is 16.7 Å². The molecular formula is C17F14O. The molecule has 0 bridgehead atoms. The molecule has 0 atom stereocenters. The van der Waals surface area contributed by atoms with Crippen molar-refractivity contribution in [1.82, 2.24) is 0 Å². The molecule has 3 rings (SSSR count). The summed E-state index contributed by atoms with van der Waals surface area (Å²) in [4.78, 5) is 11.8. The summed E-state index contributed by atoms with van der Waals surface area (Å²) in [5.41, 5.74) is -11.8. The van der Waals surface area contributed by atoms with Crippen molar-refractivity contribution in [1.29, 1.82) is 0 Å². The van der Waals surface area contributed by atoms with Crippen LogP contribution in [-0.4, -0.2) is 17.6 Å². The van der Waals surface area contributed by atoms with Crippen molar-refractivity contribution in [3.8, 4) is 0 Å². The molecular weight excluding hydrogens is 486 g/mol. The quantitative estimate of drug-likeness (QED) is 0.296. The van der Waals surface area contributed by atoms with E-state index in [1.807, 2.05) is 0 Å². The highest BCUT2D eigenvalue weighted by Crippen LogP contribution is 2.57. The zero-order valence-corrected chi connectivity index (χ0v) is 14.2. The second kappa shape index (κ2) is 6.93. The standard InChI is InChI=1S/C17F14O/c18-5-2(6(19)10(23)13(26)9(5)22)1-4(16(28,29)17(30,31)15(1)32)3-7(20)11(24)14(27)12(25)8(3)21. The zero-order chi connectivity index (χ0) is 24.7. The van der Waals surface area contributed by atoms with E-state index in [-0.39, 0.29) is 0 Å². The number of benzene rings is 2. The summed E-state index contributed by atoms with van der Waals surface area (Å²) in [5, 5.41) is 0. The summed E-state index contributed by atoms with van der Waals surface area (Å²) in [6, 6.07) is 0. The maximum atomic E-state index is 14.3. The number of ketones is 1. The van der Waals surface area contributed by atoms with E-state index in [9.17, 15) is 66.3 Å². The number of allylic oxidation sites excluding steroid dienone is 2. The van der Waals surface area contributed by atoms with Crippen LogP contribution in [0.1, 0.15) is 11.1 Å². The molecule has 0 fully saturated rings. The van der Waals surface area contributed by atoms with Crippen molar-refractivity contribution >= 4 is 16.9 Å². The molecule has 0 N–H and O–H groups in total. The summed E-state index contributed by atoms with van der Waals surface area (Å²) in [7, 11) is 0. The Kier molecular flexibility index (Phi) is 5.10. The third kappa shape index (κ3) is 2.68. The van der Waals surface area contributed by atoms with Gasteiger partial charge in [0.15, 0.2) is 46.5 Å². The Morgan fingerprint density at radius 2 is 0.688 bits per heavy atom. The first kappa shape index (κ1) is 23.5. The highest BCUT2D eigenvalue weighted by molar-refractivity contribution is 6.36. The smallest absolute Gasteiger partial charge is 0.287 e. The summed E-state index contributed by atoms with van der Waals surface area (Å²) in [6.45, 7) is 0. The van der Waals surface area contributed by atoms with Gasteiger partial charge in [-0.05, 0) is 0 Å². The molecule has 1 aliphatic carbocycles. The number of carbonyl (C=O) groups excluding carboxylic acids is 1. The second-order valence-electron chi connectivity index (χ2n) is 6.12. The SMILES string of the molecule is O=C1C(c2c(F)c(F)c(F)c(F)c2F)=C(c2c(F)c(F)c(F)c(F)c2F)C(F)(F)C1(F)F. The van der Waals surface area contributed by atoms with E-state index in [2.05, 4.69) is 0 Å². The predicted octanol–water partition coefficient (Wildman–Crippen LogP) is 5.84. The van der Waals surface area contributed by atoms with Crippen LogP contribution in [0.25, 0.3) is 11.1 Å². The lowest BCUT2D eigenvalue weighted by Crippen LogP contribution is -2.42. The number of Topliss-reactive ketones (excluding diaryl/α,β-unsaturated/α-hetero) is 1. The monoisotopic (exact) mass is 486 g/mol. The van der Waals surface area contributed by atoms with E-state index in [1.165, 1.54) is 0 Å². The van der Waals surface area contributed by atoms with Crippen molar-refractivity contribution in [3.63, 3.8) is 0 Å². The zero-order valence-electron chi connectivity index (χ0n) is 14.2. The molecule has 32 heavy (non-hydrogen) atoms. The largest absolute Gasteiger partial charge is 0.376 e. The van der Waals surface area contributed by atoms with Gasteiger partial charge < -0.3 is 0 Å². The first-order chi connectivity index (χ1) is 14.5. The number of carbonyl (C=O) groups is 1. The Morgan fingerprint density at radius 1 is 0.406 bits per heavy atom. The van der Waals surface area contributed by atoms with Crippen LogP contribution < -0.4 is 0 Å². The highest BCUT2D eigenvalue weighted by atomic mass is 19.3. The van der Waals surface area contributed by atoms with Crippen molar-refractivity contribution in [3.05, 3.63) is 69.3 Å². The van der Waals surface area contributed by atoms with Gasteiger partial charge in [-0.2, -0.15) is 17.6 Å². The lowest BCUT2D eigenvalue weighted by Gasteiger charge is -2.21. The van der Waals surface area contributed by atoms with E-state index in [4.69, 9.17) is 0 Å². The van der Waals surface area contributed by atoms with E-state index in [1.54, 1.807) is 0 Å². The molecule has 0 spiro atoms. The molecule has 2 aromatic carbocycles. The van der Waals surface area contributed by atoms with Gasteiger partial charge in [0.1, 0.15) is 0 Å². The molecule has 0 heterocycles. The molecule has 1 aliphatic rings. The van der Waals surface area contributed by atoms with Gasteiger partial charge in [0.25, 0.3) is 0 Å². The molecule has 172 valence electrons. The average molecular weight is 486 g/mol. The molecule has 0 saturated carbocycles. The first-order valence-corrected chi connectivity index (χ1v) is 7.60. The molecule has 0 aliphatic heterocycles. The van der Waals surface area contributed by atoms with Crippen LogP contribution in [0.3, 0.4) is 0 Å². The molecule has 1 nitrogen and oxygen atoms in total. The third-order valence-electron chi connectivity index (χ3n) is 4.39. The van der Waals surface area contributed by atoms with E-state index in [0.29, 0.717) is 0 Å². The fraction of sp³-hybridized carbons (Fsp3) is 0.118. The Morgan fingerprint density at radius 3 is 1.03 bits per heavy atom. The van der Waals surface area contributed by atoms with Gasteiger partial charge in [-0.25, -0.2) is 43.9 Å². The van der Waals surface area contributed by atoms with Crippen LogP contribution in [-0.2, 0) is 4.79 Å². The number of alkyl halides is 4. The summed E-state index contributed by atoms with van der Waals surface area (Å²) < 4.78 is 193. The van der Waals surface area contributed by atoms with E-state index >= 15 is 0 Å². The fourth-order valence-corrected chi connectivity index (χ4v) is 2.90. The summed E-state index contributed by atoms with van der Waals surface area (Å²) >= 11 is 0. The summed E-state index contributed by atoms with van der Waals surface area (Å²) in [6.07, 6.45) is 0. The third-order valence-corrected chi connectivity index (χ3v) is 4.39. The molecule has 0 unspecified atom stereocenters. The summed E-state index contributed by atoms with van der Waals surface area (Å²) in [5.74, 6) is -46.4. The Hall–Kier alpha value is -3.13. The lowest BCUT2D eigenvalue weighted by molar-refractivity contribution is -0.175. The minimum absolute atomic E-state index is 2.79. The normalized spacial score (nSPS) is 17.5. The van der Waals surface area contributed by atoms with Crippen LogP contribution in [0.15, 0.2) is 0 Å². The Labute approximate surface area is 165 Å². The van der Waals surface area contributed by atoms with Gasteiger partial charge in [0, 0.05) is 5.57 Å². The Balaban J connectivity index is 2.65. The van der Waals surface area contributed by atoms with E-state index in [0.717, 1.165) is 0 Å². The lowest BCUT2D eigenvalue weighted by atomic mass is 9.93. The van der Waals surface area contributed by atoms with Crippen molar-refractivity contribution in [2.45, 2.75) is 11.8 Å². The maximum Gasteiger partial charge on any atom is 0.376 e. The highest BCUT2D eigenvalue weighted by Gasteiger charge is 2.72. The second-order valence-corrected chi connectivity index (χ2v) is 6.12. The van der Waals surface area contributed by atoms with Crippen LogP contribution in [0.5, 0.6) is 0 Å². The van der Waals surface area contributed by atoms with Crippen molar-refractivity contribution < 1.29 is 66.3 Å². The van der Waals surface area contributed by atoms with Gasteiger partial charge in [-0.15, -0.1) is 0 Å². The van der Waals surface area contributed by atoms with Gasteiger partial charge >= 0.3 is 11.8 Å². The molecule has 0 saturated heterocycles. The Bertz CT molecular complexity index is 1180. The van der Waals surface area contributed by atoms with Crippen LogP contribution in [0.2, 0.25) is 0 Å². The van der Waals surface area contributed by atoms with Crippen LogP contribution in [0.4, 0.5) is 61.5 Å². The molecule has 15 heteroatoms. The topological polar surface area (TPSA) is 17.1 Å². The fourth-order valence-electron chi connectivity index (χ4n) is 2.90. The van der Waals surface area contributed by atoms with Gasteiger partial charge in [-0.1, -0.05) is 0 Å². The first-order valence-electron chi connectivity index (χ1n) is 7.60. The van der Waals surface area contributed by atoms with Gasteiger partial charge in [-0.3, -0.25) is 4.79 Å². The predicted molar refractivity (Wildman–Crippen MR) is 74.2 cm³/mol. The van der Waals surface area contributed by atoms with Crippen molar-refractivity contribution in [2.24, 2.45) is 0 Å². The number of hydrogen-bond acceptors (Lipinski definition) is 1. The molecule has 0 amide bonds. The average Bonchev–Trinajstić information content (AvgIpc) is 2.86. The van der Waals surface area contributed by atoms with Crippen LogP contribution in [0, 0.1) is 58.2 Å². The minimum atomic E-state index is -6.22. The van der Waals surface area contributed by atoms with Gasteiger partial charge in [0.2, 0.25) is 17.4 Å². The molecule has 0 aromatic heterocycles. The minimum Gasteiger partial charge on any atom is -0.287 e.